The van der Waals surface area contributed by atoms with E-state index in [2.05, 4.69) is 13.8 Å². The highest BCUT2D eigenvalue weighted by atomic mass is 16.2. The first-order chi connectivity index (χ1) is 11.8. The van der Waals surface area contributed by atoms with Crippen LogP contribution >= 0.6 is 0 Å². The fourth-order valence-electron chi connectivity index (χ4n) is 3.71. The van der Waals surface area contributed by atoms with E-state index < -0.39 is 12.1 Å². The molecule has 0 spiro atoms. The van der Waals surface area contributed by atoms with Crippen LogP contribution in [0.25, 0.3) is 0 Å². The number of hydrogen-bond donors (Lipinski definition) is 0. The Morgan fingerprint density at radius 3 is 2.56 bits per heavy atom. The van der Waals surface area contributed by atoms with Gasteiger partial charge in [0.2, 0.25) is 11.8 Å². The number of carbonyl (C=O) groups is 3. The van der Waals surface area contributed by atoms with Crippen LogP contribution in [0.4, 0.5) is 0 Å². The Labute approximate surface area is 148 Å². The zero-order valence-corrected chi connectivity index (χ0v) is 15.3. The second-order valence-electron chi connectivity index (χ2n) is 7.36. The van der Waals surface area contributed by atoms with Crippen LogP contribution in [0.3, 0.4) is 0 Å². The Hall–Kier alpha value is -2.31. The van der Waals surface area contributed by atoms with Gasteiger partial charge in [-0.1, -0.05) is 13.8 Å². The summed E-state index contributed by atoms with van der Waals surface area (Å²) in [7, 11) is 1.80. The van der Waals surface area contributed by atoms with Gasteiger partial charge in [0.25, 0.3) is 5.91 Å². The maximum Gasteiger partial charge on any atom is 0.271 e. The molecule has 0 bridgehead atoms. The summed E-state index contributed by atoms with van der Waals surface area (Å²) in [4.78, 5) is 43.5. The normalized spacial score (nSPS) is 24.1. The number of carbonyl (C=O) groups excluding carboxylic acids is 3. The Morgan fingerprint density at radius 1 is 1.24 bits per heavy atom. The first kappa shape index (κ1) is 17.5. The average molecular weight is 346 g/mol. The molecule has 2 aliphatic rings. The molecular formula is C18H26N4O3. The van der Waals surface area contributed by atoms with Gasteiger partial charge in [-0.15, -0.1) is 0 Å². The van der Waals surface area contributed by atoms with Gasteiger partial charge >= 0.3 is 0 Å². The van der Waals surface area contributed by atoms with Gasteiger partial charge < -0.3 is 19.3 Å². The van der Waals surface area contributed by atoms with E-state index in [-0.39, 0.29) is 24.3 Å². The maximum atomic E-state index is 12.9. The van der Waals surface area contributed by atoms with Gasteiger partial charge in [0.15, 0.2) is 0 Å². The van der Waals surface area contributed by atoms with Gasteiger partial charge in [0.1, 0.15) is 17.8 Å². The summed E-state index contributed by atoms with van der Waals surface area (Å²) in [6.07, 6.45) is 1.80. The van der Waals surface area contributed by atoms with Crippen LogP contribution in [-0.2, 0) is 16.6 Å². The molecule has 2 fully saturated rings. The van der Waals surface area contributed by atoms with Gasteiger partial charge in [0.05, 0.1) is 6.54 Å². The number of aromatic nitrogens is 1. The highest BCUT2D eigenvalue weighted by Crippen LogP contribution is 2.24. The van der Waals surface area contributed by atoms with Crippen molar-refractivity contribution in [2.24, 2.45) is 13.0 Å². The minimum atomic E-state index is -0.569. The molecule has 0 aromatic carbocycles. The fourth-order valence-corrected chi connectivity index (χ4v) is 3.71. The van der Waals surface area contributed by atoms with Crippen LogP contribution in [0.2, 0.25) is 0 Å². The van der Waals surface area contributed by atoms with E-state index in [0.29, 0.717) is 31.2 Å². The molecule has 0 unspecified atom stereocenters. The number of piperazine rings is 2. The quantitative estimate of drug-likeness (QED) is 0.803. The van der Waals surface area contributed by atoms with Crippen LogP contribution in [0, 0.1) is 5.92 Å². The number of fused-ring (bicyclic) bond motifs is 1. The Morgan fingerprint density at radius 2 is 1.96 bits per heavy atom. The third-order valence-corrected chi connectivity index (χ3v) is 5.07. The molecule has 7 heteroatoms. The van der Waals surface area contributed by atoms with Crippen molar-refractivity contribution < 1.29 is 14.4 Å². The zero-order valence-electron chi connectivity index (χ0n) is 15.3. The first-order valence-electron chi connectivity index (χ1n) is 8.82. The van der Waals surface area contributed by atoms with Crippen LogP contribution < -0.4 is 0 Å². The molecule has 2 aliphatic heterocycles. The smallest absolute Gasteiger partial charge is 0.271 e. The molecule has 3 heterocycles. The standard InChI is InChI=1S/C18H26N4O3/c1-12(2)10-20-8-9-21-15(17(20)24)11-22(13(3)16(21)23)18(25)14-6-5-7-19(14)4/h5-7,12-13,15H,8-11H2,1-4H3/t13-,15-/m0/s1. The van der Waals surface area contributed by atoms with Gasteiger partial charge in [-0.05, 0) is 25.0 Å². The maximum absolute atomic E-state index is 12.9. The van der Waals surface area contributed by atoms with E-state index in [9.17, 15) is 14.4 Å². The lowest BCUT2D eigenvalue weighted by Gasteiger charge is -2.48. The van der Waals surface area contributed by atoms with Crippen molar-refractivity contribution in [3.8, 4) is 0 Å². The molecule has 3 rings (SSSR count). The van der Waals surface area contributed by atoms with Crippen molar-refractivity contribution in [1.82, 2.24) is 19.3 Å². The predicted molar refractivity (Wildman–Crippen MR) is 92.8 cm³/mol. The summed E-state index contributed by atoms with van der Waals surface area (Å²) in [5, 5.41) is 0. The van der Waals surface area contributed by atoms with Crippen LogP contribution in [-0.4, -0.2) is 75.3 Å². The molecule has 25 heavy (non-hydrogen) atoms. The van der Waals surface area contributed by atoms with Crippen molar-refractivity contribution in [2.75, 3.05) is 26.2 Å². The monoisotopic (exact) mass is 346 g/mol. The minimum absolute atomic E-state index is 0.0510. The molecule has 7 nitrogen and oxygen atoms in total. The number of aryl methyl sites for hydroxylation is 1. The topological polar surface area (TPSA) is 65.9 Å². The van der Waals surface area contributed by atoms with E-state index in [4.69, 9.17) is 0 Å². The van der Waals surface area contributed by atoms with E-state index in [0.717, 1.165) is 0 Å². The molecular weight excluding hydrogens is 320 g/mol. The number of amides is 3. The van der Waals surface area contributed by atoms with Crippen molar-refractivity contribution in [3.05, 3.63) is 24.0 Å². The summed E-state index contributed by atoms with van der Waals surface area (Å²) < 4.78 is 1.74. The highest BCUT2D eigenvalue weighted by molar-refractivity contribution is 6.00. The second-order valence-corrected chi connectivity index (χ2v) is 7.36. The van der Waals surface area contributed by atoms with Crippen molar-refractivity contribution in [2.45, 2.75) is 32.9 Å². The Balaban J connectivity index is 1.84. The van der Waals surface area contributed by atoms with Crippen molar-refractivity contribution >= 4 is 17.7 Å². The number of rotatable bonds is 3. The lowest BCUT2D eigenvalue weighted by Crippen LogP contribution is -2.70. The van der Waals surface area contributed by atoms with Crippen LogP contribution in [0.5, 0.6) is 0 Å². The molecule has 0 aliphatic carbocycles. The summed E-state index contributed by atoms with van der Waals surface area (Å²) in [5.41, 5.74) is 0.524. The second kappa shape index (κ2) is 6.54. The Bertz CT molecular complexity index is 696. The molecule has 1 aromatic rings. The van der Waals surface area contributed by atoms with E-state index >= 15 is 0 Å². The third-order valence-electron chi connectivity index (χ3n) is 5.07. The van der Waals surface area contributed by atoms with E-state index in [1.54, 1.807) is 41.8 Å². The Kier molecular flexibility index (Phi) is 4.58. The molecule has 0 saturated carbocycles. The molecule has 2 atom stereocenters. The number of hydrogen-bond acceptors (Lipinski definition) is 3. The average Bonchev–Trinajstić information content (AvgIpc) is 2.98. The lowest BCUT2D eigenvalue weighted by molar-refractivity contribution is -0.160. The summed E-state index contributed by atoms with van der Waals surface area (Å²) in [6, 6.07) is 2.41. The minimum Gasteiger partial charge on any atom is -0.347 e. The fraction of sp³-hybridized carbons (Fsp3) is 0.611. The predicted octanol–water partition coefficient (Wildman–Crippen LogP) is 0.565. The molecule has 136 valence electrons. The summed E-state index contributed by atoms with van der Waals surface area (Å²) >= 11 is 0. The van der Waals surface area contributed by atoms with Crippen LogP contribution in [0.15, 0.2) is 18.3 Å². The third kappa shape index (κ3) is 3.03. The largest absolute Gasteiger partial charge is 0.347 e. The highest BCUT2D eigenvalue weighted by Gasteiger charge is 2.47. The van der Waals surface area contributed by atoms with Gasteiger partial charge in [0, 0.05) is 32.9 Å². The van der Waals surface area contributed by atoms with E-state index in [1.807, 2.05) is 4.90 Å². The zero-order chi connectivity index (χ0) is 18.3. The van der Waals surface area contributed by atoms with Gasteiger partial charge in [-0.3, -0.25) is 14.4 Å². The van der Waals surface area contributed by atoms with Gasteiger partial charge in [-0.2, -0.15) is 0 Å². The summed E-state index contributed by atoms with van der Waals surface area (Å²) in [6.45, 7) is 7.92. The van der Waals surface area contributed by atoms with Crippen molar-refractivity contribution in [1.29, 1.82) is 0 Å². The first-order valence-corrected chi connectivity index (χ1v) is 8.82. The molecule has 1 aromatic heterocycles. The molecule has 0 radical (unpaired) electrons. The SMILES string of the molecule is CC(C)CN1CCN2C(=O)[C@H](C)N(C(=O)c3cccn3C)C[C@H]2C1=O. The van der Waals surface area contributed by atoms with Crippen molar-refractivity contribution in [3.63, 3.8) is 0 Å². The molecule has 2 saturated heterocycles. The molecule has 0 N–H and O–H groups in total. The van der Waals surface area contributed by atoms with E-state index in [1.165, 1.54) is 4.90 Å². The summed E-state index contributed by atoms with van der Waals surface area (Å²) in [5.74, 6) is -0.0298. The number of nitrogens with zero attached hydrogens (tertiary/aromatic N) is 4. The molecule has 3 amide bonds. The lowest BCUT2D eigenvalue weighted by atomic mass is 10.0. The van der Waals surface area contributed by atoms with Crippen LogP contribution in [0.1, 0.15) is 31.3 Å². The van der Waals surface area contributed by atoms with Gasteiger partial charge in [-0.25, -0.2) is 0 Å².